The standard InChI is InChI=1S/C19H26N2O5S2/c1-5-12(6-2)18(22)20-19-21(15-10-28(23,24)11-17(15)27-19)14-8-7-13(25-3)9-16(14)26-4/h7-9,12,15,17H,5-6,10-11H2,1-4H3/t15-,17+/m1/s1. The van der Waals surface area contributed by atoms with E-state index < -0.39 is 9.84 Å². The number of carbonyl (C=O) groups excluding carboxylic acids is 1. The Balaban J connectivity index is 2.05. The minimum Gasteiger partial charge on any atom is -0.497 e. The van der Waals surface area contributed by atoms with Crippen molar-refractivity contribution < 1.29 is 22.7 Å². The molecule has 1 aromatic rings. The number of fused-ring (bicyclic) bond motifs is 1. The van der Waals surface area contributed by atoms with Crippen LogP contribution < -0.4 is 14.4 Å². The predicted molar refractivity (Wildman–Crippen MR) is 112 cm³/mol. The lowest BCUT2D eigenvalue weighted by molar-refractivity contribution is -0.121. The number of sulfone groups is 1. The van der Waals surface area contributed by atoms with Gasteiger partial charge in [-0.1, -0.05) is 25.6 Å². The molecule has 0 unspecified atom stereocenters. The highest BCUT2D eigenvalue weighted by Gasteiger charge is 2.50. The Hall–Kier alpha value is -1.74. The molecule has 0 N–H and O–H groups in total. The summed E-state index contributed by atoms with van der Waals surface area (Å²) in [5.41, 5.74) is 0.691. The van der Waals surface area contributed by atoms with Crippen molar-refractivity contribution in [2.75, 3.05) is 30.6 Å². The first-order valence-electron chi connectivity index (χ1n) is 9.34. The number of methoxy groups -OCH3 is 2. The predicted octanol–water partition coefficient (Wildman–Crippen LogP) is 2.74. The number of nitrogens with zero attached hydrogens (tertiary/aromatic N) is 2. The number of benzene rings is 1. The zero-order valence-electron chi connectivity index (χ0n) is 16.5. The van der Waals surface area contributed by atoms with Gasteiger partial charge < -0.3 is 14.4 Å². The first-order valence-corrected chi connectivity index (χ1v) is 12.0. The summed E-state index contributed by atoms with van der Waals surface area (Å²) in [5.74, 6) is 1.03. The molecule has 154 valence electrons. The number of anilines is 1. The molecule has 1 aromatic carbocycles. The van der Waals surface area contributed by atoms with Gasteiger partial charge in [0.15, 0.2) is 15.0 Å². The molecule has 0 bridgehead atoms. The van der Waals surface area contributed by atoms with E-state index in [0.29, 0.717) is 22.4 Å². The molecule has 2 saturated heterocycles. The molecule has 9 heteroatoms. The first kappa shape index (κ1) is 21.0. The number of aliphatic imine (C=N–C) groups is 1. The van der Waals surface area contributed by atoms with E-state index in [-0.39, 0.29) is 34.6 Å². The SMILES string of the molecule is CCC(CC)C(=O)N=C1S[C@H]2CS(=O)(=O)C[C@H]2N1c1ccc(OC)cc1OC. The molecule has 0 spiro atoms. The summed E-state index contributed by atoms with van der Waals surface area (Å²) in [5, 5.41) is 0.398. The van der Waals surface area contributed by atoms with Gasteiger partial charge in [0.25, 0.3) is 5.91 Å². The van der Waals surface area contributed by atoms with Gasteiger partial charge in [-0.05, 0) is 25.0 Å². The van der Waals surface area contributed by atoms with Crippen LogP contribution in [0.25, 0.3) is 0 Å². The fourth-order valence-corrected chi connectivity index (χ4v) is 7.57. The molecule has 2 aliphatic rings. The van der Waals surface area contributed by atoms with E-state index in [0.717, 1.165) is 12.8 Å². The summed E-state index contributed by atoms with van der Waals surface area (Å²) in [6, 6.07) is 5.09. The Morgan fingerprint density at radius 2 is 1.96 bits per heavy atom. The lowest BCUT2D eigenvalue weighted by Gasteiger charge is -2.26. The van der Waals surface area contributed by atoms with Crippen molar-refractivity contribution in [3.8, 4) is 11.5 Å². The van der Waals surface area contributed by atoms with Crippen molar-refractivity contribution in [1.29, 1.82) is 0 Å². The van der Waals surface area contributed by atoms with E-state index in [4.69, 9.17) is 9.47 Å². The Kier molecular flexibility index (Phi) is 6.24. The normalized spacial score (nSPS) is 24.6. The van der Waals surface area contributed by atoms with Crippen molar-refractivity contribution in [3.63, 3.8) is 0 Å². The molecule has 2 atom stereocenters. The molecule has 0 radical (unpaired) electrons. The van der Waals surface area contributed by atoms with E-state index in [1.807, 2.05) is 24.8 Å². The van der Waals surface area contributed by atoms with Crippen molar-refractivity contribution >= 4 is 38.4 Å². The van der Waals surface area contributed by atoms with Crippen LogP contribution >= 0.6 is 11.8 Å². The van der Waals surface area contributed by atoms with Crippen LogP contribution in [0.5, 0.6) is 11.5 Å². The fraction of sp³-hybridized carbons (Fsp3) is 0.579. The minimum absolute atomic E-state index is 0.0397. The van der Waals surface area contributed by atoms with Crippen LogP contribution in [0.3, 0.4) is 0 Å². The number of thioether (sulfide) groups is 1. The van der Waals surface area contributed by atoms with Crippen LogP contribution in [0, 0.1) is 5.92 Å². The summed E-state index contributed by atoms with van der Waals surface area (Å²) in [7, 11) is -0.00184. The Morgan fingerprint density at radius 3 is 2.57 bits per heavy atom. The van der Waals surface area contributed by atoms with Crippen molar-refractivity contribution in [2.24, 2.45) is 10.9 Å². The average Bonchev–Trinajstić information content (AvgIpc) is 3.12. The second kappa shape index (κ2) is 8.32. The number of amidine groups is 1. The second-order valence-electron chi connectivity index (χ2n) is 6.95. The molecule has 28 heavy (non-hydrogen) atoms. The van der Waals surface area contributed by atoms with E-state index >= 15 is 0 Å². The summed E-state index contributed by atoms with van der Waals surface area (Å²) in [4.78, 5) is 18.9. The van der Waals surface area contributed by atoms with Gasteiger partial charge >= 0.3 is 0 Å². The Morgan fingerprint density at radius 1 is 1.25 bits per heavy atom. The largest absolute Gasteiger partial charge is 0.497 e. The summed E-state index contributed by atoms with van der Waals surface area (Å²) >= 11 is 1.37. The molecule has 1 amide bonds. The van der Waals surface area contributed by atoms with Crippen LogP contribution in [0.15, 0.2) is 23.2 Å². The summed E-state index contributed by atoms with van der Waals surface area (Å²) in [6.45, 7) is 3.94. The maximum atomic E-state index is 12.6. The smallest absolute Gasteiger partial charge is 0.251 e. The molecule has 0 saturated carbocycles. The zero-order valence-corrected chi connectivity index (χ0v) is 18.2. The quantitative estimate of drug-likeness (QED) is 0.691. The van der Waals surface area contributed by atoms with E-state index in [1.54, 1.807) is 26.4 Å². The van der Waals surface area contributed by atoms with Gasteiger partial charge in [-0.2, -0.15) is 4.99 Å². The van der Waals surface area contributed by atoms with Gasteiger partial charge in [0.1, 0.15) is 11.5 Å². The molecular weight excluding hydrogens is 400 g/mol. The zero-order chi connectivity index (χ0) is 20.5. The van der Waals surface area contributed by atoms with E-state index in [1.165, 1.54) is 11.8 Å². The van der Waals surface area contributed by atoms with Crippen molar-refractivity contribution in [3.05, 3.63) is 18.2 Å². The maximum absolute atomic E-state index is 12.6. The molecule has 2 fully saturated rings. The van der Waals surface area contributed by atoms with Crippen molar-refractivity contribution in [1.82, 2.24) is 0 Å². The second-order valence-corrected chi connectivity index (χ2v) is 10.3. The van der Waals surface area contributed by atoms with Crippen molar-refractivity contribution in [2.45, 2.75) is 38.0 Å². The number of amides is 1. The maximum Gasteiger partial charge on any atom is 0.251 e. The lowest BCUT2D eigenvalue weighted by atomic mass is 10.0. The Bertz CT molecular complexity index is 880. The summed E-state index contributed by atoms with van der Waals surface area (Å²) in [6.07, 6.45) is 1.45. The topological polar surface area (TPSA) is 85.3 Å². The number of hydrogen-bond donors (Lipinski definition) is 0. The third-order valence-electron chi connectivity index (χ3n) is 5.25. The van der Waals surface area contributed by atoms with Crippen LogP contribution in [0.1, 0.15) is 26.7 Å². The highest BCUT2D eigenvalue weighted by molar-refractivity contribution is 8.16. The molecule has 0 aliphatic carbocycles. The van der Waals surface area contributed by atoms with Gasteiger partial charge in [0, 0.05) is 17.2 Å². The Labute approximate surface area is 170 Å². The number of hydrogen-bond acceptors (Lipinski definition) is 6. The van der Waals surface area contributed by atoms with E-state index in [2.05, 4.69) is 4.99 Å². The van der Waals surface area contributed by atoms with Gasteiger partial charge in [-0.25, -0.2) is 8.42 Å². The molecule has 2 aliphatic heterocycles. The van der Waals surface area contributed by atoms with Gasteiger partial charge in [0.2, 0.25) is 0 Å². The van der Waals surface area contributed by atoms with Crippen LogP contribution in [0.2, 0.25) is 0 Å². The lowest BCUT2D eigenvalue weighted by Crippen LogP contribution is -2.38. The number of ether oxygens (including phenoxy) is 2. The van der Waals surface area contributed by atoms with Crippen LogP contribution in [0.4, 0.5) is 5.69 Å². The minimum atomic E-state index is -3.12. The highest BCUT2D eigenvalue weighted by Crippen LogP contribution is 2.44. The molecule has 0 aromatic heterocycles. The molecule has 2 heterocycles. The molecular formula is C19H26N2O5S2. The summed E-state index contributed by atoms with van der Waals surface area (Å²) < 4.78 is 35.2. The molecule has 3 rings (SSSR count). The van der Waals surface area contributed by atoms with Crippen LogP contribution in [-0.2, 0) is 14.6 Å². The number of carbonyl (C=O) groups is 1. The number of rotatable bonds is 6. The van der Waals surface area contributed by atoms with Gasteiger partial charge in [-0.15, -0.1) is 0 Å². The van der Waals surface area contributed by atoms with Crippen LogP contribution in [-0.4, -0.2) is 56.5 Å². The molecule has 7 nitrogen and oxygen atoms in total. The fourth-order valence-electron chi connectivity index (χ4n) is 3.65. The average molecular weight is 427 g/mol. The third kappa shape index (κ3) is 4.00. The third-order valence-corrected chi connectivity index (χ3v) is 8.46. The monoisotopic (exact) mass is 426 g/mol. The highest BCUT2D eigenvalue weighted by atomic mass is 32.2. The van der Waals surface area contributed by atoms with Gasteiger partial charge in [-0.3, -0.25) is 4.79 Å². The first-order chi connectivity index (χ1) is 13.3. The van der Waals surface area contributed by atoms with Gasteiger partial charge in [0.05, 0.1) is 37.5 Å². The van der Waals surface area contributed by atoms with E-state index in [9.17, 15) is 13.2 Å².